The van der Waals surface area contributed by atoms with Gasteiger partial charge in [-0.25, -0.2) is 4.79 Å². The van der Waals surface area contributed by atoms with Crippen molar-refractivity contribution in [3.63, 3.8) is 0 Å². The molecule has 1 aromatic carbocycles. The summed E-state index contributed by atoms with van der Waals surface area (Å²) in [6, 6.07) is 4.99. The largest absolute Gasteiger partial charge is 0.444 e. The van der Waals surface area contributed by atoms with Crippen molar-refractivity contribution in [2.45, 2.75) is 91.5 Å². The van der Waals surface area contributed by atoms with Gasteiger partial charge in [0.2, 0.25) is 11.8 Å². The standard InChI is InChI=1S/C25H41N3O5/c1-8-10-14-26-22(30)21(19-13-11-12-17(3)15-19)28(18(4)9-2)23(31)20(16-29)27-24(32)33-25(5,6)7/h11-13,15,18,20-21,29H,8-10,14,16H2,1-7H3,(H,26,30)(H,27,32). The van der Waals surface area contributed by atoms with Crippen molar-refractivity contribution < 1.29 is 24.2 Å². The minimum atomic E-state index is -1.25. The smallest absolute Gasteiger partial charge is 0.408 e. The predicted molar refractivity (Wildman–Crippen MR) is 129 cm³/mol. The van der Waals surface area contributed by atoms with Crippen molar-refractivity contribution in [3.05, 3.63) is 35.4 Å². The highest BCUT2D eigenvalue weighted by molar-refractivity contribution is 5.92. The SMILES string of the molecule is CCCCNC(=O)C(c1cccc(C)c1)N(C(=O)C(CO)NC(=O)OC(C)(C)C)C(C)CC. The van der Waals surface area contributed by atoms with Crippen LogP contribution < -0.4 is 10.6 Å². The van der Waals surface area contributed by atoms with Crippen molar-refractivity contribution in [1.29, 1.82) is 0 Å². The Kier molecular flexibility index (Phi) is 11.4. The molecule has 1 aromatic rings. The number of nitrogens with one attached hydrogen (secondary N) is 2. The summed E-state index contributed by atoms with van der Waals surface area (Å²) in [7, 11) is 0. The first-order chi connectivity index (χ1) is 15.4. The van der Waals surface area contributed by atoms with Crippen LogP contribution in [0.3, 0.4) is 0 Å². The number of unbranched alkanes of at least 4 members (excludes halogenated alkanes) is 1. The fourth-order valence-corrected chi connectivity index (χ4v) is 3.37. The predicted octanol–water partition coefficient (Wildman–Crippen LogP) is 3.47. The van der Waals surface area contributed by atoms with Gasteiger partial charge < -0.3 is 25.4 Å². The van der Waals surface area contributed by atoms with Gasteiger partial charge in [0, 0.05) is 12.6 Å². The number of rotatable bonds is 11. The molecular weight excluding hydrogens is 422 g/mol. The number of carbonyl (C=O) groups is 3. The summed E-state index contributed by atoms with van der Waals surface area (Å²) in [5, 5.41) is 15.3. The highest BCUT2D eigenvalue weighted by Crippen LogP contribution is 2.27. The lowest BCUT2D eigenvalue weighted by atomic mass is 9.98. The molecular formula is C25H41N3O5. The van der Waals surface area contributed by atoms with Crippen LogP contribution in [0.1, 0.15) is 78.0 Å². The Labute approximate surface area is 198 Å². The van der Waals surface area contributed by atoms with Crippen LogP contribution in [0, 0.1) is 6.92 Å². The van der Waals surface area contributed by atoms with E-state index in [4.69, 9.17) is 4.74 Å². The lowest BCUT2D eigenvalue weighted by Crippen LogP contribution is -2.56. The molecule has 3 N–H and O–H groups in total. The van der Waals surface area contributed by atoms with Crippen LogP contribution in [0.5, 0.6) is 0 Å². The van der Waals surface area contributed by atoms with Crippen molar-refractivity contribution >= 4 is 17.9 Å². The molecule has 0 spiro atoms. The molecule has 0 saturated heterocycles. The third-order valence-corrected chi connectivity index (χ3v) is 5.21. The van der Waals surface area contributed by atoms with Crippen LogP contribution in [0.25, 0.3) is 0 Å². The maximum Gasteiger partial charge on any atom is 0.408 e. The van der Waals surface area contributed by atoms with Crippen molar-refractivity contribution in [2.75, 3.05) is 13.2 Å². The van der Waals surface area contributed by atoms with E-state index < -0.39 is 36.3 Å². The fourth-order valence-electron chi connectivity index (χ4n) is 3.37. The van der Waals surface area contributed by atoms with Gasteiger partial charge in [0.15, 0.2) is 0 Å². The maximum atomic E-state index is 13.6. The van der Waals surface area contributed by atoms with Gasteiger partial charge in [-0.05, 0) is 53.0 Å². The first kappa shape index (κ1) is 28.4. The van der Waals surface area contributed by atoms with Crippen LogP contribution in [0.15, 0.2) is 24.3 Å². The van der Waals surface area contributed by atoms with Crippen LogP contribution in [0.4, 0.5) is 4.79 Å². The number of aliphatic hydroxyl groups excluding tert-OH is 1. The zero-order valence-corrected chi connectivity index (χ0v) is 21.1. The van der Waals surface area contributed by atoms with Crippen LogP contribution in [-0.4, -0.2) is 58.8 Å². The highest BCUT2D eigenvalue weighted by Gasteiger charge is 2.38. The first-order valence-electron chi connectivity index (χ1n) is 11.7. The molecule has 0 radical (unpaired) electrons. The zero-order chi connectivity index (χ0) is 25.2. The van der Waals surface area contributed by atoms with Crippen molar-refractivity contribution in [3.8, 4) is 0 Å². The normalized spacial score (nSPS) is 14.1. The van der Waals surface area contributed by atoms with E-state index in [-0.39, 0.29) is 11.9 Å². The molecule has 0 aliphatic rings. The zero-order valence-electron chi connectivity index (χ0n) is 21.1. The van der Waals surface area contributed by atoms with Gasteiger partial charge in [0.1, 0.15) is 17.7 Å². The van der Waals surface area contributed by atoms with Gasteiger partial charge in [-0.15, -0.1) is 0 Å². The minimum Gasteiger partial charge on any atom is -0.444 e. The topological polar surface area (TPSA) is 108 Å². The summed E-state index contributed by atoms with van der Waals surface area (Å²) in [5.74, 6) is -0.841. The Balaban J connectivity index is 3.36. The lowest BCUT2D eigenvalue weighted by molar-refractivity contribution is -0.145. The number of benzene rings is 1. The Morgan fingerprint density at radius 2 is 1.85 bits per heavy atom. The average Bonchev–Trinajstić information content (AvgIpc) is 2.73. The van der Waals surface area contributed by atoms with E-state index in [9.17, 15) is 19.5 Å². The molecule has 0 heterocycles. The number of nitrogens with zero attached hydrogens (tertiary/aromatic N) is 1. The Bertz CT molecular complexity index is 790. The van der Waals surface area contributed by atoms with Gasteiger partial charge in [0.25, 0.3) is 0 Å². The molecule has 3 amide bonds. The van der Waals surface area contributed by atoms with E-state index in [0.717, 1.165) is 18.4 Å². The van der Waals surface area contributed by atoms with Crippen LogP contribution in [0.2, 0.25) is 0 Å². The highest BCUT2D eigenvalue weighted by atomic mass is 16.6. The van der Waals surface area contributed by atoms with Crippen LogP contribution >= 0.6 is 0 Å². The summed E-state index contributed by atoms with van der Waals surface area (Å²) < 4.78 is 5.25. The minimum absolute atomic E-state index is 0.295. The summed E-state index contributed by atoms with van der Waals surface area (Å²) in [4.78, 5) is 40.7. The monoisotopic (exact) mass is 463 g/mol. The molecule has 0 saturated carbocycles. The van der Waals surface area contributed by atoms with Gasteiger partial charge in [-0.3, -0.25) is 9.59 Å². The van der Waals surface area contributed by atoms with Gasteiger partial charge in [-0.1, -0.05) is 50.1 Å². The number of hydrogen-bond donors (Lipinski definition) is 3. The average molecular weight is 464 g/mol. The molecule has 0 aromatic heterocycles. The summed E-state index contributed by atoms with van der Waals surface area (Å²) in [5.41, 5.74) is 0.875. The van der Waals surface area contributed by atoms with E-state index in [1.165, 1.54) is 4.90 Å². The van der Waals surface area contributed by atoms with Gasteiger partial charge in [-0.2, -0.15) is 0 Å². The van der Waals surface area contributed by atoms with E-state index >= 15 is 0 Å². The summed E-state index contributed by atoms with van der Waals surface area (Å²) >= 11 is 0. The van der Waals surface area contributed by atoms with E-state index in [1.807, 2.05) is 52.0 Å². The van der Waals surface area contributed by atoms with E-state index in [2.05, 4.69) is 10.6 Å². The van der Waals surface area contributed by atoms with Crippen LogP contribution in [-0.2, 0) is 14.3 Å². The Morgan fingerprint density at radius 3 is 2.36 bits per heavy atom. The second kappa shape index (κ2) is 13.2. The number of carbonyl (C=O) groups excluding carboxylic acids is 3. The lowest BCUT2D eigenvalue weighted by Gasteiger charge is -2.38. The molecule has 33 heavy (non-hydrogen) atoms. The van der Waals surface area contributed by atoms with E-state index in [0.29, 0.717) is 18.5 Å². The summed E-state index contributed by atoms with van der Waals surface area (Å²) in [6.07, 6.45) is 1.53. The molecule has 8 heteroatoms. The van der Waals surface area contributed by atoms with Crippen molar-refractivity contribution in [2.24, 2.45) is 0 Å². The molecule has 3 atom stereocenters. The first-order valence-corrected chi connectivity index (χ1v) is 11.7. The second-order valence-corrected chi connectivity index (χ2v) is 9.35. The van der Waals surface area contributed by atoms with Crippen molar-refractivity contribution in [1.82, 2.24) is 15.5 Å². The number of aryl methyl sites for hydroxylation is 1. The second-order valence-electron chi connectivity index (χ2n) is 9.35. The number of alkyl carbamates (subject to hydrolysis) is 1. The molecule has 0 fully saturated rings. The Morgan fingerprint density at radius 1 is 1.18 bits per heavy atom. The third kappa shape index (κ3) is 9.04. The molecule has 186 valence electrons. The molecule has 1 rings (SSSR count). The molecule has 0 bridgehead atoms. The van der Waals surface area contributed by atoms with Gasteiger partial charge in [0.05, 0.1) is 6.61 Å². The maximum absolute atomic E-state index is 13.6. The number of hydrogen-bond acceptors (Lipinski definition) is 5. The molecule has 8 nitrogen and oxygen atoms in total. The number of amides is 3. The molecule has 0 aliphatic carbocycles. The summed E-state index contributed by atoms with van der Waals surface area (Å²) in [6.45, 7) is 12.7. The quantitative estimate of drug-likeness (QED) is 0.436. The number of ether oxygens (including phenoxy) is 1. The number of aliphatic hydroxyl groups is 1. The molecule has 0 aliphatic heterocycles. The third-order valence-electron chi connectivity index (χ3n) is 5.21. The molecule has 3 unspecified atom stereocenters. The Hall–Kier alpha value is -2.61. The van der Waals surface area contributed by atoms with E-state index in [1.54, 1.807) is 20.8 Å². The fraction of sp³-hybridized carbons (Fsp3) is 0.640. The van der Waals surface area contributed by atoms with Gasteiger partial charge >= 0.3 is 6.09 Å².